The van der Waals surface area contributed by atoms with Crippen molar-refractivity contribution in [3.05, 3.63) is 112 Å². The topological polar surface area (TPSA) is 0 Å². The number of hydrogen-bond acceptors (Lipinski definition) is 0. The van der Waals surface area contributed by atoms with Gasteiger partial charge in [0, 0.05) is 0 Å². The van der Waals surface area contributed by atoms with Gasteiger partial charge in [0.2, 0.25) is 0 Å². The third-order valence-corrected chi connectivity index (χ3v) is 12.3. The summed E-state index contributed by atoms with van der Waals surface area (Å²) in [4.78, 5) is 0. The fourth-order valence-electron chi connectivity index (χ4n) is 5.29. The predicted octanol–water partition coefficient (Wildman–Crippen LogP) is -4.36. The van der Waals surface area contributed by atoms with Crippen molar-refractivity contribution in [1.29, 1.82) is 0 Å². The van der Waals surface area contributed by atoms with Crippen LogP contribution in [0.15, 0.2) is 78.9 Å². The molecule has 176 valence electrons. The standard InChI is InChI=1S/C29H31Si.3ClH.Ti/c1-20-17-18-28(21(2)19-20)30(26-13-9-7-10-14-26,27-15-11-8-12-16-27)29-24(5)22(3)23(4)25(29)6;;;;/h7-19H,1-6H3;3*1H;/q-1;;;;+4/p-3. The Morgan fingerprint density at radius 3 is 1.35 bits per heavy atom. The first kappa shape index (κ1) is 32.8. The van der Waals surface area contributed by atoms with Crippen molar-refractivity contribution in [1.82, 2.24) is 0 Å². The Kier molecular flexibility index (Phi) is 12.7. The Morgan fingerprint density at radius 2 is 0.971 bits per heavy atom. The quantitative estimate of drug-likeness (QED) is 0.134. The van der Waals surface area contributed by atoms with Gasteiger partial charge in [-0.3, -0.25) is 0 Å². The van der Waals surface area contributed by atoms with Gasteiger partial charge in [0.15, 0.2) is 0 Å². The van der Waals surface area contributed by atoms with Crippen LogP contribution in [-0.2, 0) is 21.7 Å². The molecule has 0 heterocycles. The van der Waals surface area contributed by atoms with Gasteiger partial charge in [0.1, 0.15) is 8.07 Å². The fraction of sp³-hybridized carbons (Fsp3) is 0.207. The average Bonchev–Trinajstić information content (AvgIpc) is 2.95. The maximum atomic E-state index is 2.41. The van der Waals surface area contributed by atoms with Gasteiger partial charge in [-0.05, 0) is 13.8 Å². The van der Waals surface area contributed by atoms with Crippen LogP contribution in [0.1, 0.15) is 33.4 Å². The van der Waals surface area contributed by atoms with E-state index in [0.717, 1.165) is 0 Å². The van der Waals surface area contributed by atoms with Crippen molar-refractivity contribution < 1.29 is 58.9 Å². The van der Waals surface area contributed by atoms with Crippen molar-refractivity contribution in [2.45, 2.75) is 41.5 Å². The summed E-state index contributed by atoms with van der Waals surface area (Å²) in [6.07, 6.45) is 0. The summed E-state index contributed by atoms with van der Waals surface area (Å²) in [5, 5.41) is 5.99. The van der Waals surface area contributed by atoms with E-state index in [1.165, 1.54) is 48.9 Å². The zero-order chi connectivity index (χ0) is 21.5. The number of rotatable bonds is 4. The van der Waals surface area contributed by atoms with E-state index in [9.17, 15) is 0 Å². The Morgan fingerprint density at radius 1 is 0.559 bits per heavy atom. The van der Waals surface area contributed by atoms with Crippen LogP contribution in [0, 0.1) is 41.5 Å². The summed E-state index contributed by atoms with van der Waals surface area (Å²) in [5.74, 6) is 0. The van der Waals surface area contributed by atoms with E-state index in [1.807, 2.05) is 0 Å². The molecule has 0 unspecified atom stereocenters. The molecule has 0 bridgehead atoms. The van der Waals surface area contributed by atoms with Crippen molar-refractivity contribution in [2.24, 2.45) is 0 Å². The van der Waals surface area contributed by atoms with E-state index in [1.54, 1.807) is 5.19 Å². The molecule has 4 aromatic carbocycles. The maximum absolute atomic E-state index is 2.47. The number of hydrogen-bond donors (Lipinski definition) is 0. The van der Waals surface area contributed by atoms with E-state index in [2.05, 4.69) is 120 Å². The van der Waals surface area contributed by atoms with Crippen molar-refractivity contribution >= 4 is 28.8 Å². The first-order chi connectivity index (χ1) is 14.4. The maximum Gasteiger partial charge on any atom is 4.00 e. The molecular weight excluding hydrogens is 531 g/mol. The van der Waals surface area contributed by atoms with Crippen LogP contribution in [0.25, 0.3) is 0 Å². The van der Waals surface area contributed by atoms with E-state index < -0.39 is 8.07 Å². The SMILES string of the molecule is Cc1ccc([Si](c2ccccc2)(c2ccccc2)[c-]2c(C)c(C)c(C)c2C)c(C)c1.[Cl-].[Cl-].[Cl-].[Ti+4]. The van der Waals surface area contributed by atoms with Gasteiger partial charge >= 0.3 is 21.7 Å². The summed E-state index contributed by atoms with van der Waals surface area (Å²) in [7, 11) is -2.47. The Balaban J connectivity index is 0.00000272. The molecule has 0 radical (unpaired) electrons. The Bertz CT molecular complexity index is 1140. The average molecular weight is 562 g/mol. The minimum atomic E-state index is -2.47. The monoisotopic (exact) mass is 560 g/mol. The molecule has 0 atom stereocenters. The fourth-order valence-corrected chi connectivity index (χ4v) is 11.0. The summed E-state index contributed by atoms with van der Waals surface area (Å²) in [6, 6.07) is 29.6. The molecule has 0 aliphatic heterocycles. The molecule has 5 heteroatoms. The Hall–Kier alpha value is -1.19. The summed E-state index contributed by atoms with van der Waals surface area (Å²) < 4.78 is 0. The zero-order valence-electron chi connectivity index (χ0n) is 20.6. The van der Waals surface area contributed by atoms with E-state index in [-0.39, 0.29) is 58.9 Å². The Labute approximate surface area is 240 Å². The van der Waals surface area contributed by atoms with Gasteiger partial charge in [-0.1, -0.05) is 133 Å². The van der Waals surface area contributed by atoms with Crippen LogP contribution in [0.4, 0.5) is 0 Å². The van der Waals surface area contributed by atoms with Crippen LogP contribution in [0.2, 0.25) is 0 Å². The normalized spacial score (nSPS) is 10.3. The molecule has 4 aromatic rings. The van der Waals surface area contributed by atoms with E-state index in [4.69, 9.17) is 0 Å². The molecule has 0 N–H and O–H groups in total. The number of benzene rings is 3. The summed E-state index contributed by atoms with van der Waals surface area (Å²) >= 11 is 0. The van der Waals surface area contributed by atoms with Crippen LogP contribution in [-0.4, -0.2) is 8.07 Å². The van der Waals surface area contributed by atoms with Crippen LogP contribution >= 0.6 is 0 Å². The van der Waals surface area contributed by atoms with E-state index in [0.29, 0.717) is 0 Å². The molecule has 0 aliphatic rings. The molecule has 0 fully saturated rings. The van der Waals surface area contributed by atoms with Crippen LogP contribution in [0.5, 0.6) is 0 Å². The third-order valence-electron chi connectivity index (χ3n) is 7.01. The molecule has 4 rings (SSSR count). The molecule has 34 heavy (non-hydrogen) atoms. The molecule has 0 aliphatic carbocycles. The third kappa shape index (κ3) is 5.31. The molecule has 0 saturated carbocycles. The van der Waals surface area contributed by atoms with Gasteiger partial charge in [-0.25, -0.2) is 0 Å². The largest absolute Gasteiger partial charge is 4.00 e. The van der Waals surface area contributed by atoms with E-state index >= 15 is 0 Å². The smallest absolute Gasteiger partial charge is 1.00 e. The van der Waals surface area contributed by atoms with Gasteiger partial charge in [-0.2, -0.15) is 22.3 Å². The zero-order valence-corrected chi connectivity index (χ0v) is 25.5. The second kappa shape index (κ2) is 13.2. The van der Waals surface area contributed by atoms with Gasteiger partial charge in [-0.15, -0.1) is 5.19 Å². The van der Waals surface area contributed by atoms with Crippen molar-refractivity contribution in [2.75, 3.05) is 0 Å². The minimum Gasteiger partial charge on any atom is -1.00 e. The molecule has 0 nitrogen and oxygen atoms in total. The first-order valence-corrected chi connectivity index (χ1v) is 12.8. The molecule has 0 amide bonds. The predicted molar refractivity (Wildman–Crippen MR) is 134 cm³/mol. The molecule has 0 saturated heterocycles. The van der Waals surface area contributed by atoms with Crippen LogP contribution in [0.3, 0.4) is 0 Å². The van der Waals surface area contributed by atoms with Gasteiger partial charge < -0.3 is 37.2 Å². The van der Waals surface area contributed by atoms with Crippen molar-refractivity contribution in [3.63, 3.8) is 0 Å². The number of halogens is 3. The molecule has 0 aromatic heterocycles. The first-order valence-electron chi connectivity index (χ1n) is 10.8. The summed E-state index contributed by atoms with van der Waals surface area (Å²) in [6.45, 7) is 13.7. The molecule has 0 spiro atoms. The second-order valence-electron chi connectivity index (χ2n) is 8.68. The minimum absolute atomic E-state index is 0. The van der Waals surface area contributed by atoms with Crippen molar-refractivity contribution in [3.8, 4) is 0 Å². The van der Waals surface area contributed by atoms with Crippen LogP contribution < -0.4 is 58.0 Å². The van der Waals surface area contributed by atoms with Gasteiger partial charge in [0.05, 0.1) is 0 Å². The number of aryl methyl sites for hydroxylation is 2. The second-order valence-corrected chi connectivity index (χ2v) is 12.4. The summed E-state index contributed by atoms with van der Waals surface area (Å²) in [5.41, 5.74) is 8.52. The molecular formula is C29H31Cl3SiTi. The van der Waals surface area contributed by atoms with Gasteiger partial charge in [0.25, 0.3) is 0 Å².